The van der Waals surface area contributed by atoms with E-state index in [1.165, 1.54) is 5.39 Å². The monoisotopic (exact) mass is 1540 g/mol. The first kappa shape index (κ1) is 70.1. The molecule has 0 aliphatic carbocycles. The maximum absolute atomic E-state index is 6.58. The molecule has 24 aromatic rings. The molecule has 0 aliphatic rings. The van der Waals surface area contributed by atoms with Gasteiger partial charge in [-0.2, -0.15) is 0 Å². The summed E-state index contributed by atoms with van der Waals surface area (Å²) >= 11 is 0. The second-order valence-corrected chi connectivity index (χ2v) is 29.5. The maximum atomic E-state index is 6.58. The van der Waals surface area contributed by atoms with E-state index < -0.39 is 0 Å². The third kappa shape index (κ3) is 12.8. The van der Waals surface area contributed by atoms with Crippen molar-refractivity contribution in [3.63, 3.8) is 0 Å². The Hall–Kier alpha value is -16.5. The van der Waals surface area contributed by atoms with Crippen molar-refractivity contribution in [2.45, 2.75) is 0 Å². The van der Waals surface area contributed by atoms with Crippen LogP contribution in [0.3, 0.4) is 0 Å². The number of para-hydroxylation sites is 3. The van der Waals surface area contributed by atoms with Crippen LogP contribution in [0, 0.1) is 0 Å². The fraction of sp³-hybridized carbons (Fsp3) is 0. The molecule has 0 amide bonds. The van der Waals surface area contributed by atoms with E-state index in [2.05, 4.69) is 296 Å². The van der Waals surface area contributed by atoms with Gasteiger partial charge in [-0.25, -0.2) is 19.9 Å². The predicted octanol–water partition coefficient (Wildman–Crippen LogP) is 27.4. The average Bonchev–Trinajstić information content (AvgIpc) is 1.58. The van der Waals surface area contributed by atoms with Crippen molar-refractivity contribution >= 4 is 98.3 Å². The number of nitrogens with zero attached hydrogens (tertiary/aromatic N) is 10. The van der Waals surface area contributed by atoms with Crippen molar-refractivity contribution in [2.75, 3.05) is 0 Å². The van der Waals surface area contributed by atoms with Crippen LogP contribution in [-0.4, -0.2) is 48.6 Å². The SMILES string of the molecule is c1ccc(-c2cc3ccc4c(c5ccccc5n4-c4ccc(-c5nc(-c6ccncc6)nc(-c6ccc(-c7ccncc7)cc6)n5)cc4)c3o2)cc1.c1ccc(-c2cc3ccc4c(c5ccccc5n4-c4cccc(-c5ccccn5)c4)c3o2)cc1.c1ccc(-c2cccc(-n3c4ccccc4c4c5oc(-c6ccccc6)cc5ccc43)n2)cc1. The second kappa shape index (κ2) is 30.0. The summed E-state index contributed by atoms with van der Waals surface area (Å²) in [7, 11) is 0. The quantitative estimate of drug-likeness (QED) is 0.116. The van der Waals surface area contributed by atoms with Crippen LogP contribution < -0.4 is 0 Å². The highest BCUT2D eigenvalue weighted by Crippen LogP contribution is 2.45. The average molecular weight is 1540 g/mol. The summed E-state index contributed by atoms with van der Waals surface area (Å²) in [5.74, 6) is 5.29. The van der Waals surface area contributed by atoms with Gasteiger partial charge in [0.05, 0.1) is 60.6 Å². The summed E-state index contributed by atoms with van der Waals surface area (Å²) in [6.45, 7) is 0. The molecule has 13 nitrogen and oxygen atoms in total. The van der Waals surface area contributed by atoms with Crippen molar-refractivity contribution in [1.82, 2.24) is 48.6 Å². The number of hydrogen-bond donors (Lipinski definition) is 0. The molecular formula is C107H68N10O3. The minimum atomic E-state index is 0.587. The molecular weight excluding hydrogens is 1470 g/mol. The molecule has 0 unspecified atom stereocenters. The second-order valence-electron chi connectivity index (χ2n) is 29.5. The van der Waals surface area contributed by atoms with Crippen LogP contribution in [0.1, 0.15) is 0 Å². The van der Waals surface area contributed by atoms with E-state index in [9.17, 15) is 0 Å². The summed E-state index contributed by atoms with van der Waals surface area (Å²) in [4.78, 5) is 32.8. The zero-order valence-electron chi connectivity index (χ0n) is 64.5. The van der Waals surface area contributed by atoms with Gasteiger partial charge in [0, 0.05) is 119 Å². The number of aromatic nitrogens is 10. The highest BCUT2D eigenvalue weighted by atomic mass is 16.3. The molecule has 0 aliphatic heterocycles. The number of furan rings is 3. The summed E-state index contributed by atoms with van der Waals surface area (Å²) in [5.41, 5.74) is 23.7. The zero-order valence-corrected chi connectivity index (χ0v) is 64.5. The van der Waals surface area contributed by atoms with Gasteiger partial charge in [-0.05, 0) is 169 Å². The Morgan fingerprint density at radius 1 is 0.208 bits per heavy atom. The summed E-state index contributed by atoms with van der Waals surface area (Å²) in [5, 5.41) is 10.1. The van der Waals surface area contributed by atoms with Crippen LogP contribution in [0.5, 0.6) is 0 Å². The Morgan fingerprint density at radius 2 is 0.575 bits per heavy atom. The molecule has 564 valence electrons. The van der Waals surface area contributed by atoms with Gasteiger partial charge in [-0.1, -0.05) is 224 Å². The minimum Gasteiger partial charge on any atom is -0.455 e. The number of benzene rings is 13. The number of hydrogen-bond acceptors (Lipinski definition) is 10. The Kier molecular flexibility index (Phi) is 17.6. The van der Waals surface area contributed by atoms with Gasteiger partial charge in [0.15, 0.2) is 17.5 Å². The van der Waals surface area contributed by atoms with Gasteiger partial charge in [-0.3, -0.25) is 19.5 Å². The summed E-state index contributed by atoms with van der Waals surface area (Å²) in [6.07, 6.45) is 8.94. The van der Waals surface area contributed by atoms with Crippen LogP contribution in [-0.2, 0) is 0 Å². The number of rotatable bonds is 12. The zero-order chi connectivity index (χ0) is 79.4. The van der Waals surface area contributed by atoms with Crippen LogP contribution >= 0.6 is 0 Å². The van der Waals surface area contributed by atoms with Gasteiger partial charge in [0.1, 0.15) is 39.8 Å². The molecule has 13 heteroatoms. The van der Waals surface area contributed by atoms with E-state index in [4.69, 9.17) is 33.2 Å². The van der Waals surface area contributed by atoms with E-state index >= 15 is 0 Å². The van der Waals surface area contributed by atoms with Gasteiger partial charge < -0.3 is 22.4 Å². The highest BCUT2D eigenvalue weighted by molar-refractivity contribution is 6.22. The molecule has 13 aromatic carbocycles. The number of pyridine rings is 4. The lowest BCUT2D eigenvalue weighted by molar-refractivity contribution is 0.635. The molecule has 0 radical (unpaired) electrons. The molecule has 0 spiro atoms. The Bertz CT molecular complexity index is 7650. The summed E-state index contributed by atoms with van der Waals surface area (Å²) < 4.78 is 26.4. The molecule has 11 heterocycles. The lowest BCUT2D eigenvalue weighted by Crippen LogP contribution is -2.00. The third-order valence-corrected chi connectivity index (χ3v) is 22.3. The number of fused-ring (bicyclic) bond motifs is 15. The molecule has 120 heavy (non-hydrogen) atoms. The summed E-state index contributed by atoms with van der Waals surface area (Å²) in [6, 6.07) is 131. The van der Waals surface area contributed by atoms with Gasteiger partial charge in [0.2, 0.25) is 0 Å². The van der Waals surface area contributed by atoms with Crippen molar-refractivity contribution < 1.29 is 13.3 Å². The first-order valence-corrected chi connectivity index (χ1v) is 39.9. The fourth-order valence-corrected chi connectivity index (χ4v) is 16.7. The molecule has 0 saturated heterocycles. The van der Waals surface area contributed by atoms with E-state index in [-0.39, 0.29) is 0 Å². The van der Waals surface area contributed by atoms with Crippen molar-refractivity contribution in [3.05, 3.63) is 413 Å². The topological polar surface area (TPSA) is 144 Å². The van der Waals surface area contributed by atoms with Gasteiger partial charge in [0.25, 0.3) is 0 Å². The first-order chi connectivity index (χ1) is 59.5. The Labute approximate surface area is 688 Å². The molecule has 11 aromatic heterocycles. The molecule has 0 atom stereocenters. The lowest BCUT2D eigenvalue weighted by atomic mass is 10.0. The molecule has 0 fully saturated rings. The van der Waals surface area contributed by atoms with Crippen molar-refractivity contribution in [2.24, 2.45) is 0 Å². The van der Waals surface area contributed by atoms with Crippen LogP contribution in [0.2, 0.25) is 0 Å². The highest BCUT2D eigenvalue weighted by Gasteiger charge is 2.24. The first-order valence-electron chi connectivity index (χ1n) is 39.9. The maximum Gasteiger partial charge on any atom is 0.164 e. The normalized spacial score (nSPS) is 11.5. The van der Waals surface area contributed by atoms with E-state index in [0.29, 0.717) is 17.5 Å². The largest absolute Gasteiger partial charge is 0.455 e. The smallest absolute Gasteiger partial charge is 0.164 e. The fourth-order valence-electron chi connectivity index (χ4n) is 16.7. The van der Waals surface area contributed by atoms with Crippen LogP contribution in [0.15, 0.2) is 426 Å². The Morgan fingerprint density at radius 3 is 1.05 bits per heavy atom. The predicted molar refractivity (Wildman–Crippen MR) is 485 cm³/mol. The van der Waals surface area contributed by atoms with E-state index in [1.54, 1.807) is 24.8 Å². The van der Waals surface area contributed by atoms with E-state index in [1.807, 2.05) is 121 Å². The lowest BCUT2D eigenvalue weighted by Gasteiger charge is -2.11. The van der Waals surface area contributed by atoms with Crippen LogP contribution in [0.4, 0.5) is 0 Å². The molecule has 0 N–H and O–H groups in total. The molecule has 0 bridgehead atoms. The van der Waals surface area contributed by atoms with Gasteiger partial charge >= 0.3 is 0 Å². The third-order valence-electron chi connectivity index (χ3n) is 22.3. The standard InChI is InChI=1S/C45H28N6O.2C31H20N2O/c1-2-6-31(7-3-1)40-28-35-16-19-39-41(42(35)52-40)37-8-4-5-9-38(37)51(39)36-17-14-33(15-18-36)44-48-43(49-45(50-44)34-22-26-47-27-23-34)32-12-10-29(11-13-32)30-20-24-46-25-21-30;1-3-10-21(11-4-1)25-15-9-17-29(32-25)33-26-16-8-7-14-24(26)30-27(33)19-18-23-20-28(34-31(23)30)22-12-5-2-6-13-22;1-2-9-21(10-3-1)29-20-23-16-17-28-30(31(23)34-29)25-13-4-5-15-27(25)33(28)24-12-8-11-22(19-24)26-14-6-7-18-32-26/h1-28H;2*1-20H. The minimum absolute atomic E-state index is 0.587. The van der Waals surface area contributed by atoms with E-state index in [0.717, 1.165) is 194 Å². The Balaban J connectivity index is 0.000000112. The van der Waals surface area contributed by atoms with Crippen LogP contribution in [0.25, 0.3) is 217 Å². The molecule has 24 rings (SSSR count). The van der Waals surface area contributed by atoms with Crippen molar-refractivity contribution in [3.8, 4) is 119 Å². The van der Waals surface area contributed by atoms with Gasteiger partial charge in [-0.15, -0.1) is 0 Å². The van der Waals surface area contributed by atoms with Crippen molar-refractivity contribution in [1.29, 1.82) is 0 Å². The molecule has 0 saturated carbocycles.